The molecule has 0 heterocycles. The molecule has 0 aliphatic carbocycles. The molecule has 0 aromatic heterocycles. The average molecular weight is 508 g/mol. The van der Waals surface area contributed by atoms with Crippen molar-refractivity contribution in [2.24, 2.45) is 11.0 Å². The Labute approximate surface area is 222 Å². The van der Waals surface area contributed by atoms with Crippen LogP contribution in [0, 0.1) is 5.92 Å². The van der Waals surface area contributed by atoms with Gasteiger partial charge < -0.3 is 9.38 Å². The second kappa shape index (κ2) is 15.1. The lowest BCUT2D eigenvalue weighted by Gasteiger charge is -2.24. The first-order chi connectivity index (χ1) is 17.6. The van der Waals surface area contributed by atoms with Crippen molar-refractivity contribution in [1.29, 1.82) is 0 Å². The number of ketones is 1. The number of carbonyl (C=O) groups excluding carboxylic acids is 3. The van der Waals surface area contributed by atoms with Crippen molar-refractivity contribution in [2.45, 2.75) is 59.0 Å². The number of hydrogen-bond acceptors (Lipinski definition) is 4. The van der Waals surface area contributed by atoms with E-state index in [1.165, 1.54) is 0 Å². The molecule has 37 heavy (non-hydrogen) atoms. The minimum atomic E-state index is -0.408. The standard InChI is InChI=1S/C30H42N4O3/c1-6-14-28(35)26(7-2)27(31-32-29(36)23-34(3,4)5)19-20-30(37)33(21-24-15-10-8-11-16-24)22-25-17-12-9-13-18-25/h8-13,15-18,26H,6-7,14,19-23H2,1-5H3/p+1/b31-27-/t26-/m0/s1. The van der Waals surface area contributed by atoms with E-state index in [-0.39, 0.29) is 30.6 Å². The third-order valence-corrected chi connectivity index (χ3v) is 6.02. The largest absolute Gasteiger partial charge is 0.334 e. The lowest BCUT2D eigenvalue weighted by Crippen LogP contribution is -2.43. The molecule has 2 amide bonds. The normalized spacial score (nSPS) is 12.6. The van der Waals surface area contributed by atoms with Crippen molar-refractivity contribution >= 4 is 23.3 Å². The highest BCUT2D eigenvalue weighted by molar-refractivity contribution is 6.06. The summed E-state index contributed by atoms with van der Waals surface area (Å²) >= 11 is 0. The summed E-state index contributed by atoms with van der Waals surface area (Å²) in [7, 11) is 5.78. The van der Waals surface area contributed by atoms with Crippen molar-refractivity contribution in [1.82, 2.24) is 10.3 Å². The molecule has 1 N–H and O–H groups in total. The van der Waals surface area contributed by atoms with Crippen LogP contribution in [0.1, 0.15) is 57.1 Å². The molecule has 0 radical (unpaired) electrons. The van der Waals surface area contributed by atoms with E-state index in [1.54, 1.807) is 0 Å². The van der Waals surface area contributed by atoms with E-state index in [2.05, 4.69) is 10.5 Å². The van der Waals surface area contributed by atoms with E-state index in [4.69, 9.17) is 0 Å². The number of benzene rings is 2. The fourth-order valence-electron chi connectivity index (χ4n) is 4.21. The van der Waals surface area contributed by atoms with Gasteiger partial charge in [-0.1, -0.05) is 74.5 Å². The quantitative estimate of drug-likeness (QED) is 0.218. The Morgan fingerprint density at radius 3 is 1.84 bits per heavy atom. The molecule has 2 aromatic rings. The van der Waals surface area contributed by atoms with Crippen molar-refractivity contribution in [2.75, 3.05) is 27.7 Å². The number of amides is 2. The first kappa shape index (κ1) is 29.9. The molecule has 2 rings (SSSR count). The molecule has 0 aliphatic heterocycles. The maximum Gasteiger partial charge on any atom is 0.295 e. The number of rotatable bonds is 15. The Bertz CT molecular complexity index is 988. The molecular weight excluding hydrogens is 464 g/mol. The molecule has 200 valence electrons. The van der Waals surface area contributed by atoms with Crippen LogP contribution in [0.15, 0.2) is 65.8 Å². The second-order valence-corrected chi connectivity index (χ2v) is 10.5. The maximum absolute atomic E-state index is 13.5. The summed E-state index contributed by atoms with van der Waals surface area (Å²) in [4.78, 5) is 40.6. The van der Waals surface area contributed by atoms with Crippen LogP contribution in [-0.2, 0) is 27.5 Å². The summed E-state index contributed by atoms with van der Waals surface area (Å²) < 4.78 is 0.467. The van der Waals surface area contributed by atoms with Crippen LogP contribution in [0.4, 0.5) is 0 Å². The summed E-state index contributed by atoms with van der Waals surface area (Å²) in [6.07, 6.45) is 2.30. The Kier molecular flexibility index (Phi) is 12.2. The molecular formula is C30H43N4O3+. The van der Waals surface area contributed by atoms with Gasteiger partial charge in [-0.3, -0.25) is 14.4 Å². The van der Waals surface area contributed by atoms with E-state index >= 15 is 0 Å². The SMILES string of the molecule is CCCC(=O)[C@@H](CC)/C(CCC(=O)N(Cc1ccccc1)Cc1ccccc1)=N\NC(=O)C[N+](C)(C)C. The lowest BCUT2D eigenvalue weighted by atomic mass is 9.90. The lowest BCUT2D eigenvalue weighted by molar-refractivity contribution is -0.862. The molecule has 0 fully saturated rings. The fraction of sp³-hybridized carbons (Fsp3) is 0.467. The van der Waals surface area contributed by atoms with Gasteiger partial charge in [0.05, 0.1) is 27.1 Å². The van der Waals surface area contributed by atoms with E-state index in [0.29, 0.717) is 42.5 Å². The van der Waals surface area contributed by atoms with Crippen LogP contribution in [-0.4, -0.2) is 60.4 Å². The molecule has 0 saturated carbocycles. The van der Waals surface area contributed by atoms with Crippen LogP contribution < -0.4 is 5.43 Å². The number of carbonyl (C=O) groups is 3. The summed E-state index contributed by atoms with van der Waals surface area (Å²) in [5.41, 5.74) is 5.32. The number of nitrogens with zero attached hydrogens (tertiary/aromatic N) is 3. The van der Waals surface area contributed by atoms with Gasteiger partial charge in [0.25, 0.3) is 5.91 Å². The molecule has 0 saturated heterocycles. The number of hydrogen-bond donors (Lipinski definition) is 1. The van der Waals surface area contributed by atoms with Crippen molar-refractivity contribution in [3.8, 4) is 0 Å². The third-order valence-electron chi connectivity index (χ3n) is 6.02. The van der Waals surface area contributed by atoms with E-state index < -0.39 is 5.92 Å². The Balaban J connectivity index is 2.22. The molecule has 7 nitrogen and oxygen atoms in total. The highest BCUT2D eigenvalue weighted by atomic mass is 16.2. The summed E-state index contributed by atoms with van der Waals surface area (Å²) in [6.45, 7) is 5.16. The highest BCUT2D eigenvalue weighted by Gasteiger charge is 2.25. The summed E-state index contributed by atoms with van der Waals surface area (Å²) in [6, 6.07) is 19.8. The minimum absolute atomic E-state index is 0.0177. The van der Waals surface area contributed by atoms with Gasteiger partial charge in [-0.15, -0.1) is 0 Å². The van der Waals surface area contributed by atoms with Gasteiger partial charge in [0, 0.05) is 31.6 Å². The molecule has 0 spiro atoms. The van der Waals surface area contributed by atoms with Gasteiger partial charge >= 0.3 is 0 Å². The zero-order valence-corrected chi connectivity index (χ0v) is 23.1. The minimum Gasteiger partial charge on any atom is -0.334 e. The van der Waals surface area contributed by atoms with Gasteiger partial charge in [-0.2, -0.15) is 5.10 Å². The zero-order chi connectivity index (χ0) is 27.3. The van der Waals surface area contributed by atoms with Crippen LogP contribution >= 0.6 is 0 Å². The molecule has 0 aliphatic rings. The van der Waals surface area contributed by atoms with Crippen LogP contribution in [0.2, 0.25) is 0 Å². The predicted octanol–water partition coefficient (Wildman–Crippen LogP) is 4.57. The smallest absolute Gasteiger partial charge is 0.295 e. The second-order valence-electron chi connectivity index (χ2n) is 10.5. The fourth-order valence-corrected chi connectivity index (χ4v) is 4.21. The van der Waals surface area contributed by atoms with Gasteiger partial charge in [-0.25, -0.2) is 5.43 Å². The monoisotopic (exact) mass is 507 g/mol. The van der Waals surface area contributed by atoms with Crippen molar-refractivity contribution in [3.05, 3.63) is 71.8 Å². The Hall–Kier alpha value is -3.32. The number of likely N-dealkylation sites (N-methyl/N-ethyl adjacent to an activating group) is 1. The van der Waals surface area contributed by atoms with Crippen molar-refractivity contribution < 1.29 is 18.9 Å². The summed E-state index contributed by atoms with van der Waals surface area (Å²) in [5, 5.41) is 4.40. The van der Waals surface area contributed by atoms with Gasteiger partial charge in [-0.05, 0) is 30.4 Å². The predicted molar refractivity (Wildman–Crippen MR) is 149 cm³/mol. The number of hydrazone groups is 1. The highest BCUT2D eigenvalue weighted by Crippen LogP contribution is 2.17. The number of Topliss-reactive ketones (excluding diaryl/α,β-unsaturated/α-hetero) is 1. The molecule has 0 unspecified atom stereocenters. The van der Waals surface area contributed by atoms with Gasteiger partial charge in [0.2, 0.25) is 5.91 Å². The number of quaternary nitrogens is 1. The van der Waals surface area contributed by atoms with Crippen LogP contribution in [0.3, 0.4) is 0 Å². The first-order valence-electron chi connectivity index (χ1n) is 13.2. The average Bonchev–Trinajstić information content (AvgIpc) is 2.85. The molecule has 2 aromatic carbocycles. The Morgan fingerprint density at radius 1 is 0.838 bits per heavy atom. The topological polar surface area (TPSA) is 78.8 Å². The zero-order valence-electron chi connectivity index (χ0n) is 23.1. The van der Waals surface area contributed by atoms with Crippen molar-refractivity contribution in [3.63, 3.8) is 0 Å². The van der Waals surface area contributed by atoms with Crippen LogP contribution in [0.5, 0.6) is 0 Å². The molecule has 0 bridgehead atoms. The van der Waals surface area contributed by atoms with E-state index in [9.17, 15) is 14.4 Å². The van der Waals surface area contributed by atoms with Gasteiger partial charge in [0.15, 0.2) is 6.54 Å². The first-order valence-corrected chi connectivity index (χ1v) is 13.2. The van der Waals surface area contributed by atoms with Crippen LogP contribution in [0.25, 0.3) is 0 Å². The van der Waals surface area contributed by atoms with E-state index in [1.807, 2.05) is 101 Å². The van der Waals surface area contributed by atoms with Gasteiger partial charge in [0.1, 0.15) is 5.78 Å². The third kappa shape index (κ3) is 11.1. The van der Waals surface area contributed by atoms with E-state index in [0.717, 1.165) is 17.5 Å². The number of nitrogens with one attached hydrogen (secondary N) is 1. The Morgan fingerprint density at radius 2 is 1.38 bits per heavy atom. The molecule has 7 heteroatoms. The summed E-state index contributed by atoms with van der Waals surface area (Å²) in [5.74, 6) is -0.545. The maximum atomic E-state index is 13.5. The molecule has 1 atom stereocenters.